The van der Waals surface area contributed by atoms with E-state index in [0.29, 0.717) is 17.7 Å². The SMILES string of the molecule is CC1CCC(C)N(CC2CCCC2=O)C1. The molecule has 0 bridgehead atoms. The molecule has 2 aliphatic rings. The molecule has 1 aliphatic carbocycles. The Hall–Kier alpha value is -0.370. The lowest BCUT2D eigenvalue weighted by atomic mass is 9.93. The number of carbonyl (C=O) groups is 1. The van der Waals surface area contributed by atoms with Crippen molar-refractivity contribution in [3.8, 4) is 0 Å². The van der Waals surface area contributed by atoms with E-state index in [1.165, 1.54) is 19.4 Å². The number of Topliss-reactive ketones (excluding diaryl/α,β-unsaturated/α-hetero) is 1. The van der Waals surface area contributed by atoms with Crippen LogP contribution < -0.4 is 0 Å². The summed E-state index contributed by atoms with van der Waals surface area (Å²) in [7, 11) is 0. The molecule has 0 aromatic rings. The number of nitrogens with zero attached hydrogens (tertiary/aromatic N) is 1. The van der Waals surface area contributed by atoms with E-state index in [1.54, 1.807) is 0 Å². The summed E-state index contributed by atoms with van der Waals surface area (Å²) in [5, 5.41) is 0. The van der Waals surface area contributed by atoms with Crippen molar-refractivity contribution in [3.63, 3.8) is 0 Å². The van der Waals surface area contributed by atoms with Gasteiger partial charge in [-0.3, -0.25) is 9.69 Å². The van der Waals surface area contributed by atoms with Crippen LogP contribution in [0.15, 0.2) is 0 Å². The maximum Gasteiger partial charge on any atom is 0.137 e. The van der Waals surface area contributed by atoms with Gasteiger partial charge in [0.15, 0.2) is 0 Å². The van der Waals surface area contributed by atoms with Gasteiger partial charge >= 0.3 is 0 Å². The summed E-state index contributed by atoms with van der Waals surface area (Å²) in [6.45, 7) is 6.87. The summed E-state index contributed by atoms with van der Waals surface area (Å²) in [5.74, 6) is 1.69. The highest BCUT2D eigenvalue weighted by Gasteiger charge is 2.30. The first-order valence-electron chi connectivity index (χ1n) is 6.43. The number of ketones is 1. The minimum Gasteiger partial charge on any atom is -0.300 e. The Labute approximate surface area is 93.0 Å². The first-order chi connectivity index (χ1) is 7.16. The highest BCUT2D eigenvalue weighted by atomic mass is 16.1. The number of carbonyl (C=O) groups excluding carboxylic acids is 1. The van der Waals surface area contributed by atoms with Gasteiger partial charge in [0, 0.05) is 31.5 Å². The summed E-state index contributed by atoms with van der Waals surface area (Å²) in [5.41, 5.74) is 0. The predicted molar refractivity (Wildman–Crippen MR) is 61.8 cm³/mol. The molecule has 2 heteroatoms. The molecule has 2 nitrogen and oxygen atoms in total. The lowest BCUT2D eigenvalue weighted by molar-refractivity contribution is -0.121. The smallest absolute Gasteiger partial charge is 0.137 e. The highest BCUT2D eigenvalue weighted by molar-refractivity contribution is 5.83. The maximum absolute atomic E-state index is 11.6. The van der Waals surface area contributed by atoms with Crippen LogP contribution in [0.2, 0.25) is 0 Å². The summed E-state index contributed by atoms with van der Waals surface area (Å²) in [6.07, 6.45) is 5.76. The predicted octanol–water partition coefficient (Wildman–Crippen LogP) is 2.48. The Balaban J connectivity index is 1.89. The molecular formula is C13H23NO. The van der Waals surface area contributed by atoms with Gasteiger partial charge in [-0.25, -0.2) is 0 Å². The van der Waals surface area contributed by atoms with Gasteiger partial charge in [0.25, 0.3) is 0 Å². The van der Waals surface area contributed by atoms with Crippen LogP contribution in [0.1, 0.15) is 46.0 Å². The van der Waals surface area contributed by atoms with Gasteiger partial charge in [-0.05, 0) is 38.5 Å². The first-order valence-corrected chi connectivity index (χ1v) is 6.43. The van der Waals surface area contributed by atoms with Gasteiger partial charge in [0.1, 0.15) is 5.78 Å². The molecule has 3 atom stereocenters. The number of rotatable bonds is 2. The molecule has 0 radical (unpaired) electrons. The van der Waals surface area contributed by atoms with Crippen LogP contribution in [-0.2, 0) is 4.79 Å². The minimum atomic E-state index is 0.359. The van der Waals surface area contributed by atoms with Gasteiger partial charge < -0.3 is 0 Å². The fourth-order valence-corrected chi connectivity index (χ4v) is 3.00. The Kier molecular flexibility index (Phi) is 3.45. The Bertz CT molecular complexity index is 239. The van der Waals surface area contributed by atoms with Gasteiger partial charge in [-0.1, -0.05) is 6.92 Å². The maximum atomic E-state index is 11.6. The van der Waals surface area contributed by atoms with Crippen LogP contribution in [0.5, 0.6) is 0 Å². The Morgan fingerprint density at radius 2 is 2.07 bits per heavy atom. The average Bonchev–Trinajstić information content (AvgIpc) is 2.58. The molecule has 2 rings (SSSR count). The van der Waals surface area contributed by atoms with Crippen LogP contribution in [0, 0.1) is 11.8 Å². The number of likely N-dealkylation sites (tertiary alicyclic amines) is 1. The molecule has 1 aliphatic heterocycles. The largest absolute Gasteiger partial charge is 0.300 e. The number of piperidine rings is 1. The van der Waals surface area contributed by atoms with Crippen LogP contribution in [0.25, 0.3) is 0 Å². The van der Waals surface area contributed by atoms with Gasteiger partial charge in [-0.15, -0.1) is 0 Å². The normalized spacial score (nSPS) is 38.5. The van der Waals surface area contributed by atoms with Crippen molar-refractivity contribution in [1.82, 2.24) is 4.90 Å². The molecule has 2 fully saturated rings. The van der Waals surface area contributed by atoms with Crippen LogP contribution in [0.3, 0.4) is 0 Å². The second-order valence-corrected chi connectivity index (χ2v) is 5.54. The van der Waals surface area contributed by atoms with E-state index in [-0.39, 0.29) is 0 Å². The van der Waals surface area contributed by atoms with E-state index in [1.807, 2.05) is 0 Å². The van der Waals surface area contributed by atoms with E-state index in [2.05, 4.69) is 18.7 Å². The molecule has 0 N–H and O–H groups in total. The molecule has 3 unspecified atom stereocenters. The monoisotopic (exact) mass is 209 g/mol. The third-order valence-electron chi connectivity index (χ3n) is 4.13. The Morgan fingerprint density at radius 3 is 2.73 bits per heavy atom. The summed E-state index contributed by atoms with van der Waals surface area (Å²) in [4.78, 5) is 14.2. The topological polar surface area (TPSA) is 20.3 Å². The summed E-state index contributed by atoms with van der Waals surface area (Å²) in [6, 6.07) is 0.689. The zero-order chi connectivity index (χ0) is 10.8. The second-order valence-electron chi connectivity index (χ2n) is 5.54. The van der Waals surface area contributed by atoms with E-state index >= 15 is 0 Å². The van der Waals surface area contributed by atoms with Crippen molar-refractivity contribution in [1.29, 1.82) is 0 Å². The lowest BCUT2D eigenvalue weighted by Crippen LogP contribution is -2.44. The standard InChI is InChI=1S/C13H23NO/c1-10-6-7-11(2)14(8-10)9-12-4-3-5-13(12)15/h10-12H,3-9H2,1-2H3. The molecule has 15 heavy (non-hydrogen) atoms. The number of hydrogen-bond donors (Lipinski definition) is 0. The van der Waals surface area contributed by atoms with Crippen molar-refractivity contribution in [2.45, 2.75) is 52.0 Å². The van der Waals surface area contributed by atoms with Crippen molar-refractivity contribution >= 4 is 5.78 Å². The average molecular weight is 209 g/mol. The summed E-state index contributed by atoms with van der Waals surface area (Å²) < 4.78 is 0. The number of hydrogen-bond acceptors (Lipinski definition) is 2. The summed E-state index contributed by atoms with van der Waals surface area (Å²) >= 11 is 0. The van der Waals surface area contributed by atoms with Crippen LogP contribution >= 0.6 is 0 Å². The molecule has 0 spiro atoms. The highest BCUT2D eigenvalue weighted by Crippen LogP contribution is 2.27. The zero-order valence-electron chi connectivity index (χ0n) is 10.0. The lowest BCUT2D eigenvalue weighted by Gasteiger charge is -2.37. The fourth-order valence-electron chi connectivity index (χ4n) is 3.00. The van der Waals surface area contributed by atoms with E-state index in [0.717, 1.165) is 31.7 Å². The second kappa shape index (κ2) is 4.65. The molecule has 1 heterocycles. The van der Waals surface area contributed by atoms with Crippen molar-refractivity contribution in [2.24, 2.45) is 11.8 Å². The third-order valence-corrected chi connectivity index (χ3v) is 4.13. The fraction of sp³-hybridized carbons (Fsp3) is 0.923. The van der Waals surface area contributed by atoms with Crippen molar-refractivity contribution in [2.75, 3.05) is 13.1 Å². The van der Waals surface area contributed by atoms with E-state index in [9.17, 15) is 4.79 Å². The van der Waals surface area contributed by atoms with Gasteiger partial charge in [0.05, 0.1) is 0 Å². The molecule has 1 saturated carbocycles. The van der Waals surface area contributed by atoms with E-state index < -0.39 is 0 Å². The van der Waals surface area contributed by atoms with Gasteiger partial charge in [-0.2, -0.15) is 0 Å². The molecule has 1 saturated heterocycles. The third kappa shape index (κ3) is 2.60. The quantitative estimate of drug-likeness (QED) is 0.696. The van der Waals surface area contributed by atoms with E-state index in [4.69, 9.17) is 0 Å². The van der Waals surface area contributed by atoms with Crippen LogP contribution in [-0.4, -0.2) is 29.8 Å². The first kappa shape index (κ1) is 11.1. The van der Waals surface area contributed by atoms with Crippen molar-refractivity contribution in [3.05, 3.63) is 0 Å². The van der Waals surface area contributed by atoms with Crippen molar-refractivity contribution < 1.29 is 4.79 Å². The molecule has 86 valence electrons. The molecular weight excluding hydrogens is 186 g/mol. The molecule has 0 aromatic heterocycles. The van der Waals surface area contributed by atoms with Crippen LogP contribution in [0.4, 0.5) is 0 Å². The molecule has 0 aromatic carbocycles. The van der Waals surface area contributed by atoms with Gasteiger partial charge in [0.2, 0.25) is 0 Å². The Morgan fingerprint density at radius 1 is 1.27 bits per heavy atom. The molecule has 0 amide bonds. The zero-order valence-corrected chi connectivity index (χ0v) is 10.0. The minimum absolute atomic E-state index is 0.359.